The Balaban J connectivity index is 0.00000280. The Bertz CT molecular complexity index is 806. The Labute approximate surface area is 174 Å². The van der Waals surface area contributed by atoms with Crippen LogP contribution in [0.15, 0.2) is 29.6 Å². The molecule has 7 nitrogen and oxygen atoms in total. The van der Waals surface area contributed by atoms with E-state index in [9.17, 15) is 9.59 Å². The van der Waals surface area contributed by atoms with Gasteiger partial charge in [-0.3, -0.25) is 9.59 Å². The highest BCUT2D eigenvalue weighted by molar-refractivity contribution is 7.09. The van der Waals surface area contributed by atoms with Crippen molar-refractivity contribution in [1.29, 1.82) is 0 Å². The Morgan fingerprint density at radius 2 is 1.93 bits per heavy atom. The lowest BCUT2D eigenvalue weighted by Gasteiger charge is -2.34. The molecule has 2 heterocycles. The van der Waals surface area contributed by atoms with Crippen molar-refractivity contribution < 1.29 is 14.3 Å². The third-order valence-corrected chi connectivity index (χ3v) is 5.45. The second kappa shape index (κ2) is 10.4. The second-order valence-electron chi connectivity index (χ2n) is 6.37. The van der Waals surface area contributed by atoms with Crippen molar-refractivity contribution >= 4 is 35.6 Å². The first-order valence-electron chi connectivity index (χ1n) is 8.95. The van der Waals surface area contributed by atoms with Crippen LogP contribution in [-0.2, 0) is 17.6 Å². The lowest BCUT2D eigenvalue weighted by atomic mass is 10.1. The number of rotatable bonds is 6. The molecule has 0 unspecified atom stereocenters. The van der Waals surface area contributed by atoms with Crippen LogP contribution in [0.2, 0.25) is 0 Å². The average molecular weight is 425 g/mol. The van der Waals surface area contributed by atoms with Crippen LogP contribution in [0, 0.1) is 0 Å². The molecule has 0 saturated carbocycles. The van der Waals surface area contributed by atoms with E-state index >= 15 is 0 Å². The average Bonchev–Trinajstić information content (AvgIpc) is 3.16. The highest BCUT2D eigenvalue weighted by Gasteiger charge is 2.26. The molecule has 2 N–H and O–H groups in total. The predicted molar refractivity (Wildman–Crippen MR) is 111 cm³/mol. The van der Waals surface area contributed by atoms with Crippen LogP contribution in [0.1, 0.15) is 21.1 Å². The van der Waals surface area contributed by atoms with Crippen LogP contribution in [0.3, 0.4) is 0 Å². The van der Waals surface area contributed by atoms with Gasteiger partial charge in [-0.05, 0) is 24.2 Å². The molecule has 9 heteroatoms. The maximum Gasteiger partial charge on any atom is 0.273 e. The summed E-state index contributed by atoms with van der Waals surface area (Å²) in [5, 5.41) is 2.67. The van der Waals surface area contributed by atoms with Gasteiger partial charge in [0.05, 0.1) is 18.5 Å². The monoisotopic (exact) mass is 424 g/mol. The molecule has 0 aliphatic carbocycles. The molecule has 1 saturated heterocycles. The molecule has 152 valence electrons. The number of hydrogen-bond donors (Lipinski definition) is 1. The van der Waals surface area contributed by atoms with E-state index in [1.54, 1.807) is 17.4 Å². The van der Waals surface area contributed by atoms with Gasteiger partial charge in [-0.25, -0.2) is 4.98 Å². The quantitative estimate of drug-likeness (QED) is 0.760. The fourth-order valence-electron chi connectivity index (χ4n) is 3.04. The highest BCUT2D eigenvalue weighted by atomic mass is 35.5. The predicted octanol–water partition coefficient (Wildman–Crippen LogP) is 1.60. The number of carbonyl (C=O) groups excluding carboxylic acids is 2. The number of ether oxygens (including phenoxy) is 1. The molecule has 0 atom stereocenters. The topological polar surface area (TPSA) is 88.8 Å². The van der Waals surface area contributed by atoms with E-state index in [2.05, 4.69) is 4.98 Å². The van der Waals surface area contributed by atoms with Crippen LogP contribution in [0.4, 0.5) is 0 Å². The van der Waals surface area contributed by atoms with E-state index in [0.29, 0.717) is 51.3 Å². The number of nitrogens with zero attached hydrogens (tertiary/aromatic N) is 3. The molecule has 1 aromatic carbocycles. The molecule has 0 radical (unpaired) electrons. The molecule has 0 spiro atoms. The van der Waals surface area contributed by atoms with E-state index in [0.717, 1.165) is 16.3 Å². The van der Waals surface area contributed by atoms with Crippen molar-refractivity contribution in [3.63, 3.8) is 0 Å². The molecule has 28 heavy (non-hydrogen) atoms. The summed E-state index contributed by atoms with van der Waals surface area (Å²) in [5.41, 5.74) is 6.93. The standard InChI is InChI=1S/C19H24N4O3S.ClH/c1-26-15-4-2-3-14(11-15)12-18(24)22-7-9-23(10-8-22)19(25)16-13-27-17(21-16)5-6-20;/h2-4,11,13H,5-10,12,20H2,1H3;1H. The Hall–Kier alpha value is -2.16. The van der Waals surface area contributed by atoms with Crippen LogP contribution in [0.5, 0.6) is 5.75 Å². The van der Waals surface area contributed by atoms with Crippen molar-refractivity contribution in [2.24, 2.45) is 5.73 Å². The Kier molecular flexibility index (Phi) is 8.22. The molecule has 1 aromatic heterocycles. The first-order chi connectivity index (χ1) is 13.1. The van der Waals surface area contributed by atoms with E-state index in [4.69, 9.17) is 10.5 Å². The van der Waals surface area contributed by atoms with E-state index in [1.807, 2.05) is 29.2 Å². The summed E-state index contributed by atoms with van der Waals surface area (Å²) in [5.74, 6) is 0.733. The first kappa shape index (κ1) is 22.1. The summed E-state index contributed by atoms with van der Waals surface area (Å²) in [4.78, 5) is 33.1. The van der Waals surface area contributed by atoms with Crippen molar-refractivity contribution in [1.82, 2.24) is 14.8 Å². The summed E-state index contributed by atoms with van der Waals surface area (Å²) in [6.07, 6.45) is 1.02. The van der Waals surface area contributed by atoms with Crippen LogP contribution in [0.25, 0.3) is 0 Å². The summed E-state index contributed by atoms with van der Waals surface area (Å²) >= 11 is 1.46. The molecule has 1 aliphatic rings. The minimum atomic E-state index is -0.0746. The van der Waals surface area contributed by atoms with Gasteiger partial charge in [0, 0.05) is 38.0 Å². The van der Waals surface area contributed by atoms with Crippen molar-refractivity contribution in [2.75, 3.05) is 39.8 Å². The normalized spacial score (nSPS) is 13.8. The number of thiazole rings is 1. The molecular formula is C19H25ClN4O3S. The van der Waals surface area contributed by atoms with Crippen molar-refractivity contribution in [2.45, 2.75) is 12.8 Å². The molecule has 1 aliphatic heterocycles. The number of methoxy groups -OCH3 is 1. The second-order valence-corrected chi connectivity index (χ2v) is 7.31. The number of aromatic nitrogens is 1. The minimum Gasteiger partial charge on any atom is -0.497 e. The van der Waals surface area contributed by atoms with Gasteiger partial charge >= 0.3 is 0 Å². The molecule has 2 aromatic rings. The van der Waals surface area contributed by atoms with Crippen LogP contribution < -0.4 is 10.5 Å². The van der Waals surface area contributed by atoms with Gasteiger partial charge in [0.1, 0.15) is 11.4 Å². The maximum absolute atomic E-state index is 12.6. The molecule has 3 rings (SSSR count). The number of halogens is 1. The van der Waals surface area contributed by atoms with Gasteiger partial charge in [-0.15, -0.1) is 23.7 Å². The van der Waals surface area contributed by atoms with E-state index in [-0.39, 0.29) is 24.2 Å². The van der Waals surface area contributed by atoms with Gasteiger partial charge in [-0.1, -0.05) is 12.1 Å². The van der Waals surface area contributed by atoms with Gasteiger partial charge in [0.15, 0.2) is 0 Å². The largest absolute Gasteiger partial charge is 0.497 e. The summed E-state index contributed by atoms with van der Waals surface area (Å²) in [6, 6.07) is 7.53. The van der Waals surface area contributed by atoms with Gasteiger partial charge in [0.2, 0.25) is 5.91 Å². The zero-order valence-corrected chi connectivity index (χ0v) is 17.4. The fourth-order valence-corrected chi connectivity index (χ4v) is 3.83. The first-order valence-corrected chi connectivity index (χ1v) is 9.83. The lowest BCUT2D eigenvalue weighted by molar-refractivity contribution is -0.131. The highest BCUT2D eigenvalue weighted by Crippen LogP contribution is 2.16. The van der Waals surface area contributed by atoms with Crippen LogP contribution in [-0.4, -0.2) is 66.4 Å². The summed E-state index contributed by atoms with van der Waals surface area (Å²) in [7, 11) is 1.61. The minimum absolute atomic E-state index is 0. The molecular weight excluding hydrogens is 400 g/mol. The lowest BCUT2D eigenvalue weighted by Crippen LogP contribution is -2.51. The number of nitrogens with two attached hydrogens (primary N) is 1. The third kappa shape index (κ3) is 5.43. The summed E-state index contributed by atoms with van der Waals surface area (Å²) in [6.45, 7) is 2.64. The number of carbonyl (C=O) groups is 2. The third-order valence-electron chi connectivity index (χ3n) is 4.54. The van der Waals surface area contributed by atoms with E-state index in [1.165, 1.54) is 11.3 Å². The number of hydrogen-bond acceptors (Lipinski definition) is 6. The number of piperazine rings is 1. The zero-order valence-electron chi connectivity index (χ0n) is 15.8. The molecule has 0 bridgehead atoms. The Morgan fingerprint density at radius 3 is 2.61 bits per heavy atom. The number of benzene rings is 1. The summed E-state index contributed by atoms with van der Waals surface area (Å²) < 4.78 is 5.20. The van der Waals surface area contributed by atoms with Crippen molar-refractivity contribution in [3.05, 3.63) is 45.9 Å². The Morgan fingerprint density at radius 1 is 1.21 bits per heavy atom. The maximum atomic E-state index is 12.6. The molecule has 2 amide bonds. The smallest absolute Gasteiger partial charge is 0.273 e. The SMILES string of the molecule is COc1cccc(CC(=O)N2CCN(C(=O)c3csc(CCN)n3)CC2)c1.Cl. The van der Waals surface area contributed by atoms with Gasteiger partial charge in [0.25, 0.3) is 5.91 Å². The fraction of sp³-hybridized carbons (Fsp3) is 0.421. The van der Waals surface area contributed by atoms with Gasteiger partial charge < -0.3 is 20.3 Å². The molecule has 1 fully saturated rings. The van der Waals surface area contributed by atoms with Crippen molar-refractivity contribution in [3.8, 4) is 5.75 Å². The van der Waals surface area contributed by atoms with E-state index < -0.39 is 0 Å². The van der Waals surface area contributed by atoms with Gasteiger partial charge in [-0.2, -0.15) is 0 Å². The zero-order chi connectivity index (χ0) is 19.2. The number of amides is 2. The van der Waals surface area contributed by atoms with Crippen LogP contribution >= 0.6 is 23.7 Å².